The third kappa shape index (κ3) is 2.22. The summed E-state index contributed by atoms with van der Waals surface area (Å²) in [5.74, 6) is -0.223. The molecule has 0 saturated carbocycles. The number of nitrogens with two attached hydrogens (primary N) is 1. The Hall–Kier alpha value is -1.82. The van der Waals surface area contributed by atoms with Crippen LogP contribution >= 0.6 is 15.9 Å². The molecule has 0 saturated heterocycles. The maximum Gasteiger partial charge on any atom is 0.258 e. The van der Waals surface area contributed by atoms with E-state index < -0.39 is 0 Å². The van der Waals surface area contributed by atoms with Crippen molar-refractivity contribution in [3.63, 3.8) is 0 Å². The summed E-state index contributed by atoms with van der Waals surface area (Å²) < 4.78 is 0.740. The van der Waals surface area contributed by atoms with E-state index in [0.29, 0.717) is 16.9 Å². The lowest BCUT2D eigenvalue weighted by Crippen LogP contribution is -2.11. The van der Waals surface area contributed by atoms with E-state index in [1.54, 1.807) is 18.2 Å². The van der Waals surface area contributed by atoms with Crippen LogP contribution in [0.1, 0.15) is 10.4 Å². The van der Waals surface area contributed by atoms with Gasteiger partial charge in [-0.3, -0.25) is 9.89 Å². The van der Waals surface area contributed by atoms with Crippen LogP contribution in [0.15, 0.2) is 35.1 Å². The molecule has 0 atom stereocenters. The van der Waals surface area contributed by atoms with Gasteiger partial charge in [-0.25, -0.2) is 0 Å². The highest BCUT2D eigenvalue weighted by molar-refractivity contribution is 9.10. The predicted molar refractivity (Wildman–Crippen MR) is 65.1 cm³/mol. The van der Waals surface area contributed by atoms with E-state index in [1.165, 1.54) is 12.4 Å². The molecule has 2 aromatic rings. The molecular weight excluding hydrogens is 272 g/mol. The number of H-pyrrole nitrogens is 1. The molecule has 1 aromatic carbocycles. The Morgan fingerprint density at radius 3 is 2.94 bits per heavy atom. The zero-order chi connectivity index (χ0) is 11.5. The molecule has 1 aromatic heterocycles. The van der Waals surface area contributed by atoms with Crippen LogP contribution < -0.4 is 11.1 Å². The van der Waals surface area contributed by atoms with Crippen LogP contribution in [0.25, 0.3) is 0 Å². The summed E-state index contributed by atoms with van der Waals surface area (Å²) in [6, 6.07) is 5.18. The number of hydrogen-bond donors (Lipinski definition) is 3. The molecule has 0 spiro atoms. The summed E-state index contributed by atoms with van der Waals surface area (Å²) in [5, 5.41) is 9.02. The van der Waals surface area contributed by atoms with Crippen molar-refractivity contribution < 1.29 is 4.79 Å². The maximum atomic E-state index is 11.7. The van der Waals surface area contributed by atoms with Crippen LogP contribution in [-0.2, 0) is 0 Å². The van der Waals surface area contributed by atoms with Crippen molar-refractivity contribution in [2.45, 2.75) is 0 Å². The zero-order valence-electron chi connectivity index (χ0n) is 8.20. The maximum absolute atomic E-state index is 11.7. The second-order valence-corrected chi connectivity index (χ2v) is 4.03. The summed E-state index contributed by atoms with van der Waals surface area (Å²) in [7, 11) is 0. The lowest BCUT2D eigenvalue weighted by molar-refractivity contribution is 0.102. The first kappa shape index (κ1) is 10.7. The van der Waals surface area contributed by atoms with Gasteiger partial charge in [0.25, 0.3) is 5.91 Å². The second-order valence-electron chi connectivity index (χ2n) is 3.18. The lowest BCUT2D eigenvalue weighted by Gasteiger charge is -2.06. The highest BCUT2D eigenvalue weighted by Gasteiger charge is 2.08. The van der Waals surface area contributed by atoms with E-state index in [2.05, 4.69) is 31.4 Å². The fourth-order valence-corrected chi connectivity index (χ4v) is 1.70. The fourth-order valence-electron chi connectivity index (χ4n) is 1.20. The minimum absolute atomic E-state index is 0.223. The van der Waals surface area contributed by atoms with Gasteiger partial charge in [-0.15, -0.1) is 0 Å². The van der Waals surface area contributed by atoms with E-state index >= 15 is 0 Å². The molecule has 0 bridgehead atoms. The predicted octanol–water partition coefficient (Wildman–Crippen LogP) is 2.01. The largest absolute Gasteiger partial charge is 0.399 e. The Balaban J connectivity index is 2.18. The van der Waals surface area contributed by atoms with Gasteiger partial charge in [-0.05, 0) is 34.1 Å². The smallest absolute Gasteiger partial charge is 0.258 e. The number of aromatic amines is 1. The summed E-state index contributed by atoms with van der Waals surface area (Å²) in [5.41, 5.74) is 7.37. The molecule has 1 amide bonds. The van der Waals surface area contributed by atoms with Gasteiger partial charge >= 0.3 is 0 Å². The third-order valence-corrected chi connectivity index (χ3v) is 2.66. The second kappa shape index (κ2) is 4.36. The molecular formula is C10H9BrN4O. The average molecular weight is 281 g/mol. The van der Waals surface area contributed by atoms with Crippen molar-refractivity contribution in [1.82, 2.24) is 10.2 Å². The number of hydrogen-bond acceptors (Lipinski definition) is 3. The standard InChI is InChI=1S/C10H9BrN4O/c11-8-3-7(12)1-2-9(8)15-10(16)6-4-13-14-5-6/h1-5H,12H2,(H,13,14)(H,15,16). The van der Waals surface area contributed by atoms with Crippen LogP contribution in [0.4, 0.5) is 11.4 Å². The van der Waals surface area contributed by atoms with Crippen molar-refractivity contribution in [1.29, 1.82) is 0 Å². The van der Waals surface area contributed by atoms with Crippen molar-refractivity contribution >= 4 is 33.2 Å². The number of rotatable bonds is 2. The van der Waals surface area contributed by atoms with Crippen LogP contribution in [-0.4, -0.2) is 16.1 Å². The molecule has 0 aliphatic carbocycles. The first-order valence-electron chi connectivity index (χ1n) is 4.52. The van der Waals surface area contributed by atoms with Gasteiger partial charge in [0.05, 0.1) is 17.4 Å². The topological polar surface area (TPSA) is 83.8 Å². The lowest BCUT2D eigenvalue weighted by atomic mass is 10.2. The van der Waals surface area contributed by atoms with E-state index in [9.17, 15) is 4.79 Å². The van der Waals surface area contributed by atoms with Crippen molar-refractivity contribution in [3.05, 3.63) is 40.6 Å². The number of aromatic nitrogens is 2. The molecule has 4 N–H and O–H groups in total. The normalized spacial score (nSPS) is 10.1. The molecule has 82 valence electrons. The van der Waals surface area contributed by atoms with Gasteiger partial charge in [-0.1, -0.05) is 0 Å². The van der Waals surface area contributed by atoms with Crippen molar-refractivity contribution in [2.24, 2.45) is 0 Å². The monoisotopic (exact) mass is 280 g/mol. The SMILES string of the molecule is Nc1ccc(NC(=O)c2cn[nH]c2)c(Br)c1. The van der Waals surface area contributed by atoms with Gasteiger partial charge < -0.3 is 11.1 Å². The molecule has 0 radical (unpaired) electrons. The van der Waals surface area contributed by atoms with Gasteiger partial charge in [0.1, 0.15) is 0 Å². The molecule has 1 heterocycles. The summed E-state index contributed by atoms with van der Waals surface area (Å²) in [4.78, 5) is 11.7. The Bertz CT molecular complexity index is 510. The van der Waals surface area contributed by atoms with E-state index in [0.717, 1.165) is 4.47 Å². The summed E-state index contributed by atoms with van der Waals surface area (Å²) in [6.07, 6.45) is 2.99. The first-order chi connectivity index (χ1) is 7.66. The number of benzene rings is 1. The van der Waals surface area contributed by atoms with Gasteiger partial charge in [-0.2, -0.15) is 5.10 Å². The van der Waals surface area contributed by atoms with Crippen LogP contribution in [0.5, 0.6) is 0 Å². The number of amides is 1. The highest BCUT2D eigenvalue weighted by Crippen LogP contribution is 2.24. The van der Waals surface area contributed by atoms with E-state index in [1.807, 2.05) is 0 Å². The highest BCUT2D eigenvalue weighted by atomic mass is 79.9. The Morgan fingerprint density at radius 1 is 1.50 bits per heavy atom. The Morgan fingerprint density at radius 2 is 2.31 bits per heavy atom. The van der Waals surface area contributed by atoms with E-state index in [-0.39, 0.29) is 5.91 Å². The molecule has 0 unspecified atom stereocenters. The molecule has 16 heavy (non-hydrogen) atoms. The van der Waals surface area contributed by atoms with Crippen LogP contribution in [0.3, 0.4) is 0 Å². The van der Waals surface area contributed by atoms with Crippen molar-refractivity contribution in [2.75, 3.05) is 11.1 Å². The minimum Gasteiger partial charge on any atom is -0.399 e. The number of halogens is 1. The van der Waals surface area contributed by atoms with Crippen LogP contribution in [0, 0.1) is 0 Å². The third-order valence-electron chi connectivity index (χ3n) is 2.00. The zero-order valence-corrected chi connectivity index (χ0v) is 9.78. The molecule has 2 rings (SSSR count). The van der Waals surface area contributed by atoms with Gasteiger partial charge in [0.2, 0.25) is 0 Å². The fraction of sp³-hybridized carbons (Fsp3) is 0. The average Bonchev–Trinajstić information content (AvgIpc) is 2.75. The Kier molecular flexibility index (Phi) is 2.91. The van der Waals surface area contributed by atoms with E-state index in [4.69, 9.17) is 5.73 Å². The number of anilines is 2. The number of nitrogens with one attached hydrogen (secondary N) is 2. The molecule has 6 heteroatoms. The molecule has 0 aliphatic heterocycles. The summed E-state index contributed by atoms with van der Waals surface area (Å²) >= 11 is 3.32. The number of carbonyl (C=O) groups is 1. The molecule has 0 fully saturated rings. The quantitative estimate of drug-likeness (QED) is 0.736. The van der Waals surface area contributed by atoms with Gasteiger partial charge in [0, 0.05) is 16.4 Å². The van der Waals surface area contributed by atoms with Crippen molar-refractivity contribution in [3.8, 4) is 0 Å². The van der Waals surface area contributed by atoms with Gasteiger partial charge in [0.15, 0.2) is 0 Å². The minimum atomic E-state index is -0.223. The Labute approximate surface area is 100 Å². The number of carbonyl (C=O) groups excluding carboxylic acids is 1. The molecule has 5 nitrogen and oxygen atoms in total. The first-order valence-corrected chi connectivity index (χ1v) is 5.31. The number of nitrogens with zero attached hydrogens (tertiary/aromatic N) is 1. The summed E-state index contributed by atoms with van der Waals surface area (Å²) in [6.45, 7) is 0. The molecule has 0 aliphatic rings. The van der Waals surface area contributed by atoms with Crippen LogP contribution in [0.2, 0.25) is 0 Å². The number of nitrogen functional groups attached to an aromatic ring is 1.